The Morgan fingerprint density at radius 2 is 1.38 bits per heavy atom. The molecule has 0 bridgehead atoms. The van der Waals surface area contributed by atoms with E-state index in [1.54, 1.807) is 0 Å². The zero-order valence-corrected chi connectivity index (χ0v) is 8.04. The van der Waals surface area contributed by atoms with Crippen LogP contribution >= 0.6 is 0 Å². The monoisotopic (exact) mass is 154 g/mol. The van der Waals surface area contributed by atoms with Crippen LogP contribution in [0.5, 0.6) is 0 Å². The summed E-state index contributed by atoms with van der Waals surface area (Å²) in [5, 5.41) is 0. The van der Waals surface area contributed by atoms with Crippen molar-refractivity contribution in [2.75, 3.05) is 0 Å². The van der Waals surface area contributed by atoms with Crippen molar-refractivity contribution in [2.45, 2.75) is 31.4 Å². The molecule has 0 aromatic rings. The number of hydrogen-bond donors (Lipinski definition) is 0. The van der Waals surface area contributed by atoms with Gasteiger partial charge in [-0.15, -0.1) is 0 Å². The Labute approximate surface area is 58.5 Å². The molecule has 1 saturated heterocycles. The molecule has 8 heavy (non-hydrogen) atoms. The highest BCUT2D eigenvalue weighted by Crippen LogP contribution is 2.22. The molecule has 0 unspecified atom stereocenters. The van der Waals surface area contributed by atoms with E-state index in [0.29, 0.717) is 0 Å². The molecule has 0 atom stereocenters. The minimum atomic E-state index is -0.979. The average molecular weight is 154 g/mol. The van der Waals surface area contributed by atoms with E-state index in [9.17, 15) is 0 Å². The van der Waals surface area contributed by atoms with Crippen LogP contribution in [0, 0.1) is 0 Å². The summed E-state index contributed by atoms with van der Waals surface area (Å²) in [6, 6.07) is 2.83. The van der Waals surface area contributed by atoms with E-state index < -0.39 is 7.11 Å². The van der Waals surface area contributed by atoms with Gasteiger partial charge in [0.1, 0.15) is 0 Å². The van der Waals surface area contributed by atoms with Crippen LogP contribution in [0.2, 0.25) is 12.1 Å². The third-order valence-corrected chi connectivity index (χ3v) is 7.12. The van der Waals surface area contributed by atoms with Gasteiger partial charge < -0.3 is 0 Å². The maximum Gasteiger partial charge on any atom is 0.0241 e. The number of rotatable bonds is 0. The average Bonchev–Trinajstić information content (AvgIpc) is 1.65. The van der Waals surface area contributed by atoms with Crippen molar-refractivity contribution >= 4 is 26.6 Å². The second kappa shape index (κ2) is 2.49. The normalized spacial score (nSPS) is 27.8. The SMILES string of the molecule is [Si][Si]1([Si])CCCCC1. The van der Waals surface area contributed by atoms with Crippen LogP contribution in [0.3, 0.4) is 0 Å². The van der Waals surface area contributed by atoms with Gasteiger partial charge in [0.15, 0.2) is 0 Å². The van der Waals surface area contributed by atoms with Gasteiger partial charge >= 0.3 is 0 Å². The lowest BCUT2D eigenvalue weighted by molar-refractivity contribution is 0.727. The summed E-state index contributed by atoms with van der Waals surface area (Å²) in [7, 11) is 6.61. The third kappa shape index (κ3) is 1.87. The number of hydrogen-bond acceptors (Lipinski definition) is 0. The highest BCUT2D eigenvalue weighted by molar-refractivity contribution is 7.41. The van der Waals surface area contributed by atoms with E-state index in [-0.39, 0.29) is 0 Å². The molecule has 0 N–H and O–H groups in total. The Bertz CT molecular complexity index is 71.7. The summed E-state index contributed by atoms with van der Waals surface area (Å²) < 4.78 is 0. The van der Waals surface area contributed by atoms with Gasteiger partial charge in [-0.2, -0.15) is 0 Å². The van der Waals surface area contributed by atoms with Gasteiger partial charge in [-0.1, -0.05) is 31.4 Å². The van der Waals surface area contributed by atoms with Crippen LogP contribution in [0.4, 0.5) is 0 Å². The third-order valence-electron chi connectivity index (χ3n) is 1.71. The Hall–Kier alpha value is 0.651. The van der Waals surface area contributed by atoms with E-state index in [2.05, 4.69) is 19.5 Å². The largest absolute Gasteiger partial charge is 0.0621 e. The van der Waals surface area contributed by atoms with E-state index in [4.69, 9.17) is 0 Å². The Morgan fingerprint density at radius 1 is 0.875 bits per heavy atom. The van der Waals surface area contributed by atoms with Gasteiger partial charge in [0, 0.05) is 26.6 Å². The molecule has 1 fully saturated rings. The molecule has 0 spiro atoms. The van der Waals surface area contributed by atoms with E-state index >= 15 is 0 Å². The summed E-state index contributed by atoms with van der Waals surface area (Å²) in [6.45, 7) is 0. The molecule has 1 heterocycles. The fourth-order valence-electron chi connectivity index (χ4n) is 1.16. The second-order valence-electron chi connectivity index (χ2n) is 2.64. The predicted octanol–water partition coefficient (Wildman–Crippen LogP) is 0.949. The molecule has 1 aliphatic heterocycles. The fourth-order valence-corrected chi connectivity index (χ4v) is 5.23. The van der Waals surface area contributed by atoms with Crippen molar-refractivity contribution in [3.05, 3.63) is 0 Å². The lowest BCUT2D eigenvalue weighted by atomic mass is 10.3. The first-order valence-corrected chi connectivity index (χ1v) is 8.62. The van der Waals surface area contributed by atoms with Crippen LogP contribution in [0.25, 0.3) is 0 Å². The van der Waals surface area contributed by atoms with Gasteiger partial charge in [-0.3, -0.25) is 0 Å². The molecule has 42 valence electrons. The topological polar surface area (TPSA) is 0 Å². The molecule has 0 aromatic heterocycles. The lowest BCUT2D eigenvalue weighted by Crippen LogP contribution is -2.38. The minimum absolute atomic E-state index is 0.979. The Balaban J connectivity index is 2.33. The molecule has 1 aliphatic rings. The van der Waals surface area contributed by atoms with Crippen molar-refractivity contribution < 1.29 is 0 Å². The van der Waals surface area contributed by atoms with Gasteiger partial charge in [0.05, 0.1) is 0 Å². The van der Waals surface area contributed by atoms with Crippen molar-refractivity contribution in [3.8, 4) is 0 Å². The first-order chi connectivity index (χ1) is 3.71. The van der Waals surface area contributed by atoms with Crippen LogP contribution in [-0.2, 0) is 0 Å². The fraction of sp³-hybridized carbons (Fsp3) is 1.00. The summed E-state index contributed by atoms with van der Waals surface area (Å²) >= 11 is 0. The predicted molar refractivity (Wildman–Crippen MR) is 40.7 cm³/mol. The molecule has 0 aromatic carbocycles. The quantitative estimate of drug-likeness (QED) is 0.456. The summed E-state index contributed by atoms with van der Waals surface area (Å²) in [4.78, 5) is 0. The highest BCUT2D eigenvalue weighted by Gasteiger charge is 2.22. The van der Waals surface area contributed by atoms with Crippen LogP contribution in [-0.4, -0.2) is 26.6 Å². The molecule has 0 saturated carbocycles. The standard InChI is InChI=1S/C5H10Si3/c6-8(7)4-2-1-3-5-8/h1-5H2. The Morgan fingerprint density at radius 3 is 1.62 bits per heavy atom. The second-order valence-corrected chi connectivity index (χ2v) is 13.0. The van der Waals surface area contributed by atoms with Crippen LogP contribution in [0.15, 0.2) is 0 Å². The molecular formula is C5H10Si3. The minimum Gasteiger partial charge on any atom is -0.0621 e. The maximum absolute atomic E-state index is 3.79. The molecule has 0 nitrogen and oxygen atoms in total. The molecule has 6 radical (unpaired) electrons. The van der Waals surface area contributed by atoms with Crippen molar-refractivity contribution in [3.63, 3.8) is 0 Å². The van der Waals surface area contributed by atoms with Crippen LogP contribution < -0.4 is 0 Å². The summed E-state index contributed by atoms with van der Waals surface area (Å²) in [5.41, 5.74) is 0. The van der Waals surface area contributed by atoms with Gasteiger partial charge in [-0.25, -0.2) is 0 Å². The Kier molecular flexibility index (Phi) is 2.11. The molecule has 1 rings (SSSR count). The first-order valence-electron chi connectivity index (χ1n) is 3.21. The van der Waals surface area contributed by atoms with Crippen molar-refractivity contribution in [1.82, 2.24) is 0 Å². The van der Waals surface area contributed by atoms with Gasteiger partial charge in [0.25, 0.3) is 0 Å². The highest BCUT2D eigenvalue weighted by atomic mass is 29.6. The van der Waals surface area contributed by atoms with Gasteiger partial charge in [0.2, 0.25) is 0 Å². The van der Waals surface area contributed by atoms with E-state index in [0.717, 1.165) is 0 Å². The smallest absolute Gasteiger partial charge is 0.0241 e. The zero-order valence-electron chi connectivity index (χ0n) is 5.04. The van der Waals surface area contributed by atoms with Gasteiger partial charge in [-0.05, 0) is 0 Å². The first kappa shape index (κ1) is 6.77. The zero-order chi connectivity index (χ0) is 6.04. The maximum atomic E-state index is 3.79. The van der Waals surface area contributed by atoms with E-state index in [1.807, 2.05) is 0 Å². The van der Waals surface area contributed by atoms with Crippen LogP contribution in [0.1, 0.15) is 19.3 Å². The molecule has 0 amide bonds. The summed E-state index contributed by atoms with van der Waals surface area (Å²) in [6.07, 6.45) is 4.31. The van der Waals surface area contributed by atoms with Crippen molar-refractivity contribution in [1.29, 1.82) is 0 Å². The van der Waals surface area contributed by atoms with E-state index in [1.165, 1.54) is 31.4 Å². The van der Waals surface area contributed by atoms with Crippen molar-refractivity contribution in [2.24, 2.45) is 0 Å². The lowest BCUT2D eigenvalue weighted by Gasteiger charge is -2.26. The molecule has 0 aliphatic carbocycles. The molecular weight excluding hydrogens is 144 g/mol. The molecule has 3 heteroatoms. The summed E-state index contributed by atoms with van der Waals surface area (Å²) in [5.74, 6) is 0.